The van der Waals surface area contributed by atoms with Crippen LogP contribution in [0, 0.1) is 17.1 Å². The molecule has 30 heavy (non-hydrogen) atoms. The van der Waals surface area contributed by atoms with E-state index in [4.69, 9.17) is 10.00 Å². The van der Waals surface area contributed by atoms with Crippen molar-refractivity contribution in [1.82, 2.24) is 5.32 Å². The number of carbonyl (C=O) groups excluding carboxylic acids is 1. The molecule has 0 aliphatic rings. The average molecular weight is 402 g/mol. The summed E-state index contributed by atoms with van der Waals surface area (Å²) in [6.45, 7) is 0.902. The summed E-state index contributed by atoms with van der Waals surface area (Å²) < 4.78 is 18.4. The van der Waals surface area contributed by atoms with Crippen molar-refractivity contribution in [2.24, 2.45) is 0 Å². The minimum Gasteiger partial charge on any atom is -0.494 e. The number of rotatable bonds is 9. The molecule has 0 saturated heterocycles. The smallest absolute Gasteiger partial charge is 0.251 e. The summed E-state index contributed by atoms with van der Waals surface area (Å²) in [5, 5.41) is 11.6. The van der Waals surface area contributed by atoms with E-state index in [2.05, 4.69) is 11.4 Å². The van der Waals surface area contributed by atoms with Crippen LogP contribution < -0.4 is 10.1 Å². The summed E-state index contributed by atoms with van der Waals surface area (Å²) in [7, 11) is 0. The van der Waals surface area contributed by atoms with Crippen molar-refractivity contribution in [1.29, 1.82) is 5.26 Å². The molecular formula is C25H23FN2O2. The second-order valence-corrected chi connectivity index (χ2v) is 6.81. The number of amides is 1. The van der Waals surface area contributed by atoms with Crippen LogP contribution in [0.15, 0.2) is 72.8 Å². The molecule has 0 aliphatic heterocycles. The number of nitrogens with zero attached hydrogens (tertiary/aromatic N) is 1. The van der Waals surface area contributed by atoms with Gasteiger partial charge in [0.2, 0.25) is 0 Å². The summed E-state index contributed by atoms with van der Waals surface area (Å²) in [5.74, 6) is 0.164. The quantitative estimate of drug-likeness (QED) is 0.504. The van der Waals surface area contributed by atoms with Gasteiger partial charge in [0.05, 0.1) is 12.7 Å². The Bertz CT molecular complexity index is 1010. The molecule has 5 heteroatoms. The van der Waals surface area contributed by atoms with Gasteiger partial charge >= 0.3 is 0 Å². The molecule has 3 aromatic carbocycles. The first-order valence-corrected chi connectivity index (χ1v) is 9.89. The van der Waals surface area contributed by atoms with E-state index >= 15 is 0 Å². The molecule has 0 heterocycles. The molecule has 152 valence electrons. The van der Waals surface area contributed by atoms with E-state index in [0.29, 0.717) is 37.3 Å². The molecule has 1 amide bonds. The highest BCUT2D eigenvalue weighted by atomic mass is 19.1. The Kier molecular flexibility index (Phi) is 7.57. The lowest BCUT2D eigenvalue weighted by atomic mass is 9.97. The molecule has 0 spiro atoms. The van der Waals surface area contributed by atoms with Gasteiger partial charge in [-0.15, -0.1) is 0 Å². The third-order valence-corrected chi connectivity index (χ3v) is 4.65. The largest absolute Gasteiger partial charge is 0.494 e. The number of hydrogen-bond donors (Lipinski definition) is 1. The Morgan fingerprint density at radius 2 is 1.73 bits per heavy atom. The highest BCUT2D eigenvalue weighted by Gasteiger charge is 2.12. The van der Waals surface area contributed by atoms with Gasteiger partial charge in [0.25, 0.3) is 5.91 Å². The van der Waals surface area contributed by atoms with Gasteiger partial charge in [0.15, 0.2) is 0 Å². The average Bonchev–Trinajstić information content (AvgIpc) is 2.79. The third kappa shape index (κ3) is 5.92. The Labute approximate surface area is 175 Å². The highest BCUT2D eigenvalue weighted by Crippen LogP contribution is 2.24. The number of aryl methyl sites for hydroxylation is 1. The van der Waals surface area contributed by atoms with Gasteiger partial charge < -0.3 is 10.1 Å². The second-order valence-electron chi connectivity index (χ2n) is 6.81. The van der Waals surface area contributed by atoms with Crippen molar-refractivity contribution in [3.63, 3.8) is 0 Å². The van der Waals surface area contributed by atoms with Crippen LogP contribution in [0.1, 0.15) is 28.8 Å². The fourth-order valence-electron chi connectivity index (χ4n) is 3.07. The first kappa shape index (κ1) is 21.1. The second kappa shape index (κ2) is 10.8. The van der Waals surface area contributed by atoms with Crippen molar-refractivity contribution in [3.05, 3.63) is 89.7 Å². The topological polar surface area (TPSA) is 62.1 Å². The first-order valence-electron chi connectivity index (χ1n) is 9.89. The summed E-state index contributed by atoms with van der Waals surface area (Å²) in [4.78, 5) is 12.7. The molecular weight excluding hydrogens is 379 g/mol. The van der Waals surface area contributed by atoms with Crippen molar-refractivity contribution < 1.29 is 13.9 Å². The zero-order valence-corrected chi connectivity index (χ0v) is 16.6. The molecule has 0 bridgehead atoms. The molecule has 0 radical (unpaired) electrons. The van der Waals surface area contributed by atoms with Crippen molar-refractivity contribution in [2.45, 2.75) is 19.3 Å². The SMILES string of the molecule is N#CCCc1ccc(-c2ccccc2C(=O)NCCCOc2ccc(F)cc2)cc1. The number of benzene rings is 3. The molecule has 0 aromatic heterocycles. The van der Waals surface area contributed by atoms with E-state index in [1.54, 1.807) is 12.1 Å². The minimum atomic E-state index is -0.301. The van der Waals surface area contributed by atoms with Crippen LogP contribution in [0.3, 0.4) is 0 Å². The molecule has 0 fully saturated rings. The van der Waals surface area contributed by atoms with E-state index in [1.165, 1.54) is 12.1 Å². The normalized spacial score (nSPS) is 10.3. The van der Waals surface area contributed by atoms with E-state index in [9.17, 15) is 9.18 Å². The number of ether oxygens (including phenoxy) is 1. The molecule has 0 unspecified atom stereocenters. The van der Waals surface area contributed by atoms with E-state index in [0.717, 1.165) is 23.1 Å². The molecule has 0 atom stereocenters. The zero-order chi connectivity index (χ0) is 21.2. The van der Waals surface area contributed by atoms with E-state index in [-0.39, 0.29) is 11.7 Å². The van der Waals surface area contributed by atoms with E-state index < -0.39 is 0 Å². The number of hydrogen-bond acceptors (Lipinski definition) is 3. The molecule has 0 saturated carbocycles. The van der Waals surface area contributed by atoms with Crippen LogP contribution in [0.5, 0.6) is 5.75 Å². The van der Waals surface area contributed by atoms with Gasteiger partial charge in [-0.2, -0.15) is 5.26 Å². The standard InChI is InChI=1S/C25H23FN2O2/c26-21-12-14-22(15-13-21)30-18-4-17-28-25(29)24-7-2-1-6-23(24)20-10-8-19(9-11-20)5-3-16-27/h1-2,6-15H,3-5,17-18H2,(H,28,29). The summed E-state index contributed by atoms with van der Waals surface area (Å²) in [5.41, 5.74) is 3.54. The van der Waals surface area contributed by atoms with Crippen LogP contribution in [0.2, 0.25) is 0 Å². The summed E-state index contributed by atoms with van der Waals surface area (Å²) >= 11 is 0. The monoisotopic (exact) mass is 402 g/mol. The van der Waals surface area contributed by atoms with Crippen LogP contribution in [0.25, 0.3) is 11.1 Å². The van der Waals surface area contributed by atoms with Gasteiger partial charge in [-0.1, -0.05) is 42.5 Å². The maximum Gasteiger partial charge on any atom is 0.251 e. The van der Waals surface area contributed by atoms with Crippen LogP contribution in [-0.2, 0) is 6.42 Å². The number of carbonyl (C=O) groups is 1. The van der Waals surface area contributed by atoms with Gasteiger partial charge in [-0.25, -0.2) is 4.39 Å². The first-order chi connectivity index (χ1) is 14.7. The molecule has 4 nitrogen and oxygen atoms in total. The predicted molar refractivity (Wildman–Crippen MR) is 115 cm³/mol. The number of nitrogens with one attached hydrogen (secondary N) is 1. The van der Waals surface area contributed by atoms with Gasteiger partial charge in [-0.3, -0.25) is 4.79 Å². The van der Waals surface area contributed by atoms with Crippen LogP contribution in [0.4, 0.5) is 4.39 Å². The van der Waals surface area contributed by atoms with Crippen molar-refractivity contribution in [2.75, 3.05) is 13.2 Å². The minimum absolute atomic E-state index is 0.138. The maximum atomic E-state index is 12.9. The molecule has 0 aliphatic carbocycles. The highest BCUT2D eigenvalue weighted by molar-refractivity contribution is 6.00. The maximum absolute atomic E-state index is 12.9. The van der Waals surface area contributed by atoms with Gasteiger partial charge in [0.1, 0.15) is 11.6 Å². The predicted octanol–water partition coefficient (Wildman–Crippen LogP) is 5.15. The third-order valence-electron chi connectivity index (χ3n) is 4.65. The van der Waals surface area contributed by atoms with E-state index in [1.807, 2.05) is 48.5 Å². The molecule has 3 aromatic rings. The molecule has 3 rings (SSSR count). The Morgan fingerprint density at radius 3 is 2.47 bits per heavy atom. The summed E-state index contributed by atoms with van der Waals surface area (Å²) in [6.07, 6.45) is 1.85. The molecule has 1 N–H and O–H groups in total. The fraction of sp³-hybridized carbons (Fsp3) is 0.200. The van der Waals surface area contributed by atoms with Crippen molar-refractivity contribution in [3.8, 4) is 22.9 Å². The summed E-state index contributed by atoms with van der Waals surface area (Å²) in [6, 6.07) is 23.5. The Hall–Kier alpha value is -3.65. The lowest BCUT2D eigenvalue weighted by Crippen LogP contribution is -2.26. The van der Waals surface area contributed by atoms with Crippen molar-refractivity contribution >= 4 is 5.91 Å². The van der Waals surface area contributed by atoms with Crippen LogP contribution >= 0.6 is 0 Å². The fourth-order valence-corrected chi connectivity index (χ4v) is 3.07. The zero-order valence-electron chi connectivity index (χ0n) is 16.6. The Balaban J connectivity index is 1.55. The van der Waals surface area contributed by atoms with Crippen LogP contribution in [-0.4, -0.2) is 19.1 Å². The van der Waals surface area contributed by atoms with Gasteiger partial charge in [0, 0.05) is 18.5 Å². The number of nitriles is 1. The number of halogens is 1. The lowest BCUT2D eigenvalue weighted by Gasteiger charge is -2.11. The van der Waals surface area contributed by atoms with Gasteiger partial charge in [-0.05, 0) is 59.9 Å². The lowest BCUT2D eigenvalue weighted by molar-refractivity contribution is 0.0952. The Morgan fingerprint density at radius 1 is 1.00 bits per heavy atom.